The molecular formula is C21H24F3N3O3. The molecule has 1 aliphatic heterocycles. The van der Waals surface area contributed by atoms with Crippen LogP contribution in [0.15, 0.2) is 22.7 Å². The lowest BCUT2D eigenvalue weighted by atomic mass is 9.96. The van der Waals surface area contributed by atoms with Gasteiger partial charge in [0.05, 0.1) is 11.7 Å². The molecule has 1 aromatic heterocycles. The number of carbonyl (C=O) groups is 1. The van der Waals surface area contributed by atoms with Crippen LogP contribution in [-0.4, -0.2) is 37.4 Å². The summed E-state index contributed by atoms with van der Waals surface area (Å²) < 4.78 is 51.8. The van der Waals surface area contributed by atoms with Gasteiger partial charge in [-0.25, -0.2) is 0 Å². The number of rotatable bonds is 4. The molecule has 2 aliphatic rings. The quantitative estimate of drug-likeness (QED) is 0.788. The number of aromatic nitrogens is 1. The van der Waals surface area contributed by atoms with Crippen molar-refractivity contribution in [2.45, 2.75) is 50.8 Å². The summed E-state index contributed by atoms with van der Waals surface area (Å²) in [6.07, 6.45) is 0.188. The maximum atomic E-state index is 13.8. The van der Waals surface area contributed by atoms with E-state index in [1.54, 1.807) is 12.0 Å². The molecule has 0 atom stereocenters. The Morgan fingerprint density at radius 2 is 1.97 bits per heavy atom. The van der Waals surface area contributed by atoms with Gasteiger partial charge in [-0.15, -0.1) is 0 Å². The van der Waals surface area contributed by atoms with Crippen molar-refractivity contribution in [2.24, 2.45) is 0 Å². The highest BCUT2D eigenvalue weighted by Gasteiger charge is 2.36. The normalized spacial score (nSPS) is 17.7. The molecule has 1 amide bonds. The van der Waals surface area contributed by atoms with E-state index in [0.717, 1.165) is 30.9 Å². The molecular weight excluding hydrogens is 399 g/mol. The molecule has 0 saturated carbocycles. The molecule has 4 rings (SSSR count). The van der Waals surface area contributed by atoms with Crippen LogP contribution in [0, 0.1) is 0 Å². The summed E-state index contributed by atoms with van der Waals surface area (Å²) in [4.78, 5) is 14.3. The first-order chi connectivity index (χ1) is 14.4. The molecule has 6 nitrogen and oxygen atoms in total. The number of nitrogens with zero attached hydrogens (tertiary/aromatic N) is 2. The Balaban J connectivity index is 1.56. The van der Waals surface area contributed by atoms with Crippen LogP contribution in [-0.2, 0) is 23.8 Å². The first-order valence-electron chi connectivity index (χ1n) is 10.1. The zero-order valence-electron chi connectivity index (χ0n) is 16.7. The number of aryl methyl sites for hydroxylation is 1. The average Bonchev–Trinajstić information content (AvgIpc) is 3.17. The van der Waals surface area contributed by atoms with Crippen molar-refractivity contribution in [3.8, 4) is 0 Å². The molecule has 0 bridgehead atoms. The highest BCUT2D eigenvalue weighted by atomic mass is 19.4. The van der Waals surface area contributed by atoms with Gasteiger partial charge in [0, 0.05) is 43.6 Å². The Hall–Kier alpha value is -2.55. The highest BCUT2D eigenvalue weighted by molar-refractivity contribution is 6.04. The summed E-state index contributed by atoms with van der Waals surface area (Å²) in [6.45, 7) is 0.969. The maximum Gasteiger partial charge on any atom is 0.418 e. The maximum absolute atomic E-state index is 13.8. The first kappa shape index (κ1) is 20.7. The van der Waals surface area contributed by atoms with Crippen molar-refractivity contribution in [3.05, 3.63) is 40.8 Å². The van der Waals surface area contributed by atoms with E-state index < -0.39 is 17.6 Å². The number of nitrogens with one attached hydrogen (secondary N) is 1. The van der Waals surface area contributed by atoms with Gasteiger partial charge >= 0.3 is 6.18 Å². The van der Waals surface area contributed by atoms with Crippen molar-refractivity contribution in [1.82, 2.24) is 5.16 Å². The fourth-order valence-corrected chi connectivity index (χ4v) is 4.20. The Kier molecular flexibility index (Phi) is 5.73. The smallest absolute Gasteiger partial charge is 0.381 e. The van der Waals surface area contributed by atoms with Crippen LogP contribution >= 0.6 is 0 Å². The molecule has 2 aromatic rings. The highest BCUT2D eigenvalue weighted by Crippen LogP contribution is 2.39. The second kappa shape index (κ2) is 8.29. The molecule has 0 unspecified atom stereocenters. The van der Waals surface area contributed by atoms with Gasteiger partial charge in [-0.3, -0.25) is 4.79 Å². The number of carbonyl (C=O) groups excluding carboxylic acids is 1. The SMILES string of the molecule is COC1CCN(c2ccc(NC(=O)c3noc4c3CCCC4)cc2C(F)(F)F)CC1. The zero-order chi connectivity index (χ0) is 21.3. The van der Waals surface area contributed by atoms with E-state index in [4.69, 9.17) is 9.26 Å². The second-order valence-electron chi connectivity index (χ2n) is 7.75. The van der Waals surface area contributed by atoms with Gasteiger partial charge in [-0.2, -0.15) is 13.2 Å². The lowest BCUT2D eigenvalue weighted by Gasteiger charge is -2.34. The number of amides is 1. The van der Waals surface area contributed by atoms with E-state index in [1.807, 2.05) is 0 Å². The summed E-state index contributed by atoms with van der Waals surface area (Å²) in [7, 11) is 1.62. The Morgan fingerprint density at radius 1 is 1.23 bits per heavy atom. The van der Waals surface area contributed by atoms with E-state index in [-0.39, 0.29) is 23.2 Å². The Morgan fingerprint density at radius 3 is 2.67 bits per heavy atom. The number of alkyl halides is 3. The van der Waals surface area contributed by atoms with Crippen molar-refractivity contribution in [3.63, 3.8) is 0 Å². The molecule has 1 saturated heterocycles. The number of benzene rings is 1. The minimum absolute atomic E-state index is 0.0718. The molecule has 0 radical (unpaired) electrons. The predicted octanol–water partition coefficient (Wildman–Crippen LogP) is 4.44. The molecule has 9 heteroatoms. The third kappa shape index (κ3) is 4.16. The van der Waals surface area contributed by atoms with E-state index in [9.17, 15) is 18.0 Å². The number of fused-ring (bicyclic) bond motifs is 1. The molecule has 0 spiro atoms. The van der Waals surface area contributed by atoms with Gasteiger partial charge in [0.25, 0.3) is 5.91 Å². The minimum atomic E-state index is -4.54. The zero-order valence-corrected chi connectivity index (χ0v) is 16.7. The minimum Gasteiger partial charge on any atom is -0.381 e. The Labute approximate surface area is 172 Å². The van der Waals surface area contributed by atoms with Crippen molar-refractivity contribution in [2.75, 3.05) is 30.4 Å². The van der Waals surface area contributed by atoms with Crippen LogP contribution < -0.4 is 10.2 Å². The molecule has 1 N–H and O–H groups in total. The van der Waals surface area contributed by atoms with E-state index >= 15 is 0 Å². The van der Waals surface area contributed by atoms with Gasteiger partial charge in [-0.1, -0.05) is 5.16 Å². The number of hydrogen-bond donors (Lipinski definition) is 1. The monoisotopic (exact) mass is 423 g/mol. The van der Waals surface area contributed by atoms with Crippen LogP contribution in [0.1, 0.15) is 53.1 Å². The van der Waals surface area contributed by atoms with Gasteiger partial charge in [0.1, 0.15) is 5.76 Å². The van der Waals surface area contributed by atoms with Gasteiger partial charge in [0.2, 0.25) is 0 Å². The van der Waals surface area contributed by atoms with Crippen molar-refractivity contribution < 1.29 is 27.2 Å². The molecule has 162 valence electrons. The molecule has 30 heavy (non-hydrogen) atoms. The fourth-order valence-electron chi connectivity index (χ4n) is 4.20. The van der Waals surface area contributed by atoms with Gasteiger partial charge < -0.3 is 19.5 Å². The second-order valence-corrected chi connectivity index (χ2v) is 7.75. The number of anilines is 2. The summed E-state index contributed by atoms with van der Waals surface area (Å²) in [5.74, 6) is 0.140. The van der Waals surface area contributed by atoms with Crippen LogP contribution in [0.4, 0.5) is 24.5 Å². The molecule has 1 aromatic carbocycles. The molecule has 1 fully saturated rings. The summed E-state index contributed by atoms with van der Waals surface area (Å²) in [6, 6.07) is 3.91. The standard InChI is InChI=1S/C21H24F3N3O3/c1-29-14-8-10-27(11-9-14)17-7-6-13(12-16(17)21(22,23)24)25-20(28)19-15-4-2-3-5-18(15)30-26-19/h6-7,12,14H,2-5,8-11H2,1H3,(H,25,28). The summed E-state index contributed by atoms with van der Waals surface area (Å²) in [5.41, 5.74) is 0.346. The van der Waals surface area contributed by atoms with Crippen LogP contribution in [0.25, 0.3) is 0 Å². The van der Waals surface area contributed by atoms with Crippen molar-refractivity contribution in [1.29, 1.82) is 0 Å². The number of ether oxygens (including phenoxy) is 1. The van der Waals surface area contributed by atoms with Gasteiger partial charge in [0.15, 0.2) is 5.69 Å². The predicted molar refractivity (Wildman–Crippen MR) is 105 cm³/mol. The fraction of sp³-hybridized carbons (Fsp3) is 0.524. The van der Waals surface area contributed by atoms with Crippen LogP contribution in [0.5, 0.6) is 0 Å². The first-order valence-corrected chi connectivity index (χ1v) is 10.1. The largest absolute Gasteiger partial charge is 0.418 e. The van der Waals surface area contributed by atoms with Crippen LogP contribution in [0.2, 0.25) is 0 Å². The Bertz CT molecular complexity index is 918. The lowest BCUT2D eigenvalue weighted by Crippen LogP contribution is -2.37. The lowest BCUT2D eigenvalue weighted by molar-refractivity contribution is -0.137. The molecule has 1 aliphatic carbocycles. The third-order valence-corrected chi connectivity index (χ3v) is 5.84. The van der Waals surface area contributed by atoms with E-state index in [2.05, 4.69) is 10.5 Å². The number of piperidine rings is 1. The van der Waals surface area contributed by atoms with Crippen molar-refractivity contribution >= 4 is 17.3 Å². The number of halogens is 3. The molecule has 2 heterocycles. The van der Waals surface area contributed by atoms with Gasteiger partial charge in [-0.05, 0) is 50.3 Å². The topological polar surface area (TPSA) is 67.6 Å². The number of hydrogen-bond acceptors (Lipinski definition) is 5. The third-order valence-electron chi connectivity index (χ3n) is 5.84. The van der Waals surface area contributed by atoms with Crippen LogP contribution in [0.3, 0.4) is 0 Å². The van der Waals surface area contributed by atoms with E-state index in [1.165, 1.54) is 12.1 Å². The summed E-state index contributed by atoms with van der Waals surface area (Å²) in [5, 5.41) is 6.40. The summed E-state index contributed by atoms with van der Waals surface area (Å²) >= 11 is 0. The van der Waals surface area contributed by atoms with E-state index in [0.29, 0.717) is 38.1 Å². The number of methoxy groups -OCH3 is 1. The average molecular weight is 423 g/mol.